The Hall–Kier alpha value is -2.72. The van der Waals surface area contributed by atoms with Gasteiger partial charge in [-0.25, -0.2) is 0 Å². The minimum absolute atomic E-state index is 0.0210. The highest BCUT2D eigenvalue weighted by atomic mass is 35.5. The molecule has 0 fully saturated rings. The van der Waals surface area contributed by atoms with E-state index in [1.807, 2.05) is 60.7 Å². The van der Waals surface area contributed by atoms with Gasteiger partial charge in [0, 0.05) is 30.0 Å². The maximum Gasteiger partial charge on any atom is 0.220 e. The van der Waals surface area contributed by atoms with Crippen LogP contribution < -0.4 is 10.1 Å². The van der Waals surface area contributed by atoms with Gasteiger partial charge >= 0.3 is 0 Å². The van der Waals surface area contributed by atoms with Gasteiger partial charge in [0.2, 0.25) is 5.91 Å². The van der Waals surface area contributed by atoms with Gasteiger partial charge in [0.15, 0.2) is 0 Å². The number of hydrogen-bond donors (Lipinski definition) is 1. The predicted octanol–water partition coefficient (Wildman–Crippen LogP) is 4.86. The zero-order valence-corrected chi connectivity index (χ0v) is 15.3. The zero-order chi connectivity index (χ0) is 18.4. The van der Waals surface area contributed by atoms with Crippen molar-refractivity contribution in [1.82, 2.24) is 5.32 Å². The average molecular weight is 370 g/mol. The molecule has 0 atom stereocenters. The molecule has 5 heteroatoms. The number of benzene rings is 2. The SMILES string of the molecule is COc1ccc(-c2ccc(CCC(=O)NCc3cccc(Cl)c3)o2)cc1. The van der Waals surface area contributed by atoms with Crippen molar-refractivity contribution in [2.24, 2.45) is 0 Å². The Morgan fingerprint density at radius 2 is 1.92 bits per heavy atom. The van der Waals surface area contributed by atoms with Crippen LogP contribution in [0.3, 0.4) is 0 Å². The summed E-state index contributed by atoms with van der Waals surface area (Å²) in [5, 5.41) is 3.56. The Morgan fingerprint density at radius 3 is 2.65 bits per heavy atom. The van der Waals surface area contributed by atoms with Crippen LogP contribution in [-0.2, 0) is 17.8 Å². The van der Waals surface area contributed by atoms with Crippen molar-refractivity contribution < 1.29 is 13.9 Å². The number of rotatable bonds is 7. The van der Waals surface area contributed by atoms with Crippen molar-refractivity contribution in [2.45, 2.75) is 19.4 Å². The number of methoxy groups -OCH3 is 1. The van der Waals surface area contributed by atoms with Gasteiger partial charge in [0.05, 0.1) is 7.11 Å². The Kier molecular flexibility index (Phi) is 5.97. The smallest absolute Gasteiger partial charge is 0.220 e. The van der Waals surface area contributed by atoms with Gasteiger partial charge in [-0.2, -0.15) is 0 Å². The van der Waals surface area contributed by atoms with Gasteiger partial charge < -0.3 is 14.5 Å². The van der Waals surface area contributed by atoms with E-state index in [9.17, 15) is 4.79 Å². The number of hydrogen-bond acceptors (Lipinski definition) is 3. The monoisotopic (exact) mass is 369 g/mol. The molecule has 0 radical (unpaired) electrons. The van der Waals surface area contributed by atoms with Gasteiger partial charge in [-0.05, 0) is 54.1 Å². The van der Waals surface area contributed by atoms with Gasteiger partial charge in [0.25, 0.3) is 0 Å². The third-order valence-corrected chi connectivity index (χ3v) is 4.25. The number of nitrogens with one attached hydrogen (secondary N) is 1. The summed E-state index contributed by atoms with van der Waals surface area (Å²) in [6.45, 7) is 0.467. The number of carbonyl (C=O) groups excluding carboxylic acids is 1. The van der Waals surface area contributed by atoms with E-state index < -0.39 is 0 Å². The van der Waals surface area contributed by atoms with E-state index in [1.54, 1.807) is 7.11 Å². The molecule has 26 heavy (non-hydrogen) atoms. The summed E-state index contributed by atoms with van der Waals surface area (Å²) >= 11 is 5.94. The van der Waals surface area contributed by atoms with E-state index in [1.165, 1.54) is 0 Å². The van der Waals surface area contributed by atoms with Crippen LogP contribution in [0, 0.1) is 0 Å². The van der Waals surface area contributed by atoms with Crippen molar-refractivity contribution in [2.75, 3.05) is 7.11 Å². The molecule has 1 heterocycles. The number of aryl methyl sites for hydroxylation is 1. The Morgan fingerprint density at radius 1 is 1.12 bits per heavy atom. The van der Waals surface area contributed by atoms with E-state index in [2.05, 4.69) is 5.32 Å². The third-order valence-electron chi connectivity index (χ3n) is 4.01. The predicted molar refractivity (Wildman–Crippen MR) is 102 cm³/mol. The van der Waals surface area contributed by atoms with Crippen molar-refractivity contribution in [3.63, 3.8) is 0 Å². The first-order valence-electron chi connectivity index (χ1n) is 8.38. The Balaban J connectivity index is 1.50. The molecule has 0 bridgehead atoms. The third kappa shape index (κ3) is 4.90. The summed E-state index contributed by atoms with van der Waals surface area (Å²) < 4.78 is 11.0. The molecule has 0 spiro atoms. The second-order valence-electron chi connectivity index (χ2n) is 5.90. The number of furan rings is 1. The van der Waals surface area contributed by atoms with E-state index in [4.69, 9.17) is 20.8 Å². The molecular formula is C21H20ClNO3. The normalized spacial score (nSPS) is 10.5. The zero-order valence-electron chi connectivity index (χ0n) is 14.5. The first kappa shape index (κ1) is 18.1. The molecule has 1 amide bonds. The topological polar surface area (TPSA) is 51.5 Å². The van der Waals surface area contributed by atoms with Crippen LogP contribution in [0.25, 0.3) is 11.3 Å². The largest absolute Gasteiger partial charge is 0.497 e. The van der Waals surface area contributed by atoms with Gasteiger partial charge in [0.1, 0.15) is 17.3 Å². The van der Waals surface area contributed by atoms with Crippen molar-refractivity contribution >= 4 is 17.5 Å². The molecule has 3 rings (SSSR count). The fraction of sp³-hybridized carbons (Fsp3) is 0.190. The van der Waals surface area contributed by atoms with Crippen LogP contribution in [0.5, 0.6) is 5.75 Å². The second-order valence-corrected chi connectivity index (χ2v) is 6.34. The summed E-state index contributed by atoms with van der Waals surface area (Å²) in [5.41, 5.74) is 1.95. The van der Waals surface area contributed by atoms with Gasteiger partial charge in [-0.1, -0.05) is 23.7 Å². The standard InChI is InChI=1S/C21H20ClNO3/c1-25-18-7-5-16(6-8-18)20-11-9-19(26-20)10-12-21(24)23-14-15-3-2-4-17(22)13-15/h2-9,11,13H,10,12,14H2,1H3,(H,23,24). The molecule has 3 aromatic rings. The van der Waals surface area contributed by atoms with Gasteiger partial charge in [-0.15, -0.1) is 0 Å². The van der Waals surface area contributed by atoms with E-state index >= 15 is 0 Å². The molecule has 1 aromatic heterocycles. The maximum absolute atomic E-state index is 12.0. The summed E-state index contributed by atoms with van der Waals surface area (Å²) in [6, 6.07) is 18.9. The minimum Gasteiger partial charge on any atom is -0.497 e. The van der Waals surface area contributed by atoms with Crippen LogP contribution in [-0.4, -0.2) is 13.0 Å². The van der Waals surface area contributed by atoms with E-state index in [-0.39, 0.29) is 5.91 Å². The lowest BCUT2D eigenvalue weighted by atomic mass is 10.2. The fourth-order valence-corrected chi connectivity index (χ4v) is 2.81. The molecular weight excluding hydrogens is 350 g/mol. The van der Waals surface area contributed by atoms with Crippen LogP contribution >= 0.6 is 11.6 Å². The molecule has 0 unspecified atom stereocenters. The highest BCUT2D eigenvalue weighted by molar-refractivity contribution is 6.30. The van der Waals surface area contributed by atoms with Crippen LogP contribution in [0.2, 0.25) is 5.02 Å². The summed E-state index contributed by atoms with van der Waals surface area (Å²) in [4.78, 5) is 12.0. The second kappa shape index (κ2) is 8.59. The molecule has 134 valence electrons. The quantitative estimate of drug-likeness (QED) is 0.647. The molecule has 1 N–H and O–H groups in total. The van der Waals surface area contributed by atoms with Crippen LogP contribution in [0.4, 0.5) is 0 Å². The average Bonchev–Trinajstić information content (AvgIpc) is 3.14. The summed E-state index contributed by atoms with van der Waals surface area (Å²) in [6.07, 6.45) is 0.924. The molecule has 2 aromatic carbocycles. The molecule has 0 aliphatic heterocycles. The first-order valence-corrected chi connectivity index (χ1v) is 8.76. The lowest BCUT2D eigenvalue weighted by molar-refractivity contribution is -0.121. The number of carbonyl (C=O) groups is 1. The van der Waals surface area contributed by atoms with Crippen molar-refractivity contribution in [3.05, 3.63) is 77.0 Å². The lowest BCUT2D eigenvalue weighted by Gasteiger charge is -2.05. The Labute approximate surface area is 157 Å². The van der Waals surface area contributed by atoms with Crippen LogP contribution in [0.1, 0.15) is 17.7 Å². The number of ether oxygens (including phenoxy) is 1. The fourth-order valence-electron chi connectivity index (χ4n) is 2.60. The first-order chi connectivity index (χ1) is 12.6. The molecule has 0 saturated heterocycles. The van der Waals surface area contributed by atoms with Gasteiger partial charge in [-0.3, -0.25) is 4.79 Å². The molecule has 4 nitrogen and oxygen atoms in total. The highest BCUT2D eigenvalue weighted by Gasteiger charge is 2.08. The van der Waals surface area contributed by atoms with Crippen molar-refractivity contribution in [1.29, 1.82) is 0 Å². The van der Waals surface area contributed by atoms with E-state index in [0.29, 0.717) is 24.4 Å². The number of amides is 1. The lowest BCUT2D eigenvalue weighted by Crippen LogP contribution is -2.22. The summed E-state index contributed by atoms with van der Waals surface area (Å²) in [7, 11) is 1.64. The molecule has 0 saturated carbocycles. The number of halogens is 1. The van der Waals surface area contributed by atoms with E-state index in [0.717, 1.165) is 28.4 Å². The maximum atomic E-state index is 12.0. The summed E-state index contributed by atoms with van der Waals surface area (Å²) in [5.74, 6) is 2.35. The molecule has 0 aliphatic rings. The van der Waals surface area contributed by atoms with Crippen molar-refractivity contribution in [3.8, 4) is 17.1 Å². The molecule has 0 aliphatic carbocycles. The van der Waals surface area contributed by atoms with Crippen LogP contribution in [0.15, 0.2) is 65.1 Å². The Bertz CT molecular complexity index is 871. The highest BCUT2D eigenvalue weighted by Crippen LogP contribution is 2.25. The minimum atomic E-state index is -0.0210.